The molecule has 0 fully saturated rings. The van der Waals surface area contributed by atoms with E-state index in [1.807, 2.05) is 42.5 Å². The standard InChI is InChI=1S/C12H11NO2.CH3N/c14-8-12(15)13-11-6-5-9-3-1-2-4-10(9)7-11;1-2/h1-7,14H,8H2,(H,13,15);2H,1H2. The number of carbonyl (C=O) groups is 1. The molecule has 0 saturated heterocycles. The van der Waals surface area contributed by atoms with Crippen molar-refractivity contribution in [2.24, 2.45) is 0 Å². The van der Waals surface area contributed by atoms with Crippen LogP contribution in [-0.4, -0.2) is 24.3 Å². The molecule has 0 atom stereocenters. The topological polar surface area (TPSA) is 73.2 Å². The largest absolute Gasteiger partial charge is 0.387 e. The maximum atomic E-state index is 11.0. The van der Waals surface area contributed by atoms with Gasteiger partial charge in [-0.25, -0.2) is 0 Å². The SMILES string of the molecule is C=N.O=C(CO)Nc1ccc2ccccc2c1. The molecule has 0 aliphatic heterocycles. The van der Waals surface area contributed by atoms with Crippen LogP contribution in [0.15, 0.2) is 42.5 Å². The van der Waals surface area contributed by atoms with Crippen molar-refractivity contribution in [3.8, 4) is 0 Å². The van der Waals surface area contributed by atoms with E-state index in [-0.39, 0.29) is 0 Å². The highest BCUT2D eigenvalue weighted by Crippen LogP contribution is 2.18. The summed E-state index contributed by atoms with van der Waals surface area (Å²) < 4.78 is 0. The van der Waals surface area contributed by atoms with E-state index in [0.717, 1.165) is 10.8 Å². The Labute approximate surface area is 99.4 Å². The smallest absolute Gasteiger partial charge is 0.250 e. The number of hydrogen-bond acceptors (Lipinski definition) is 3. The number of aliphatic hydroxyl groups excluding tert-OH is 1. The number of benzene rings is 2. The van der Waals surface area contributed by atoms with Gasteiger partial charge < -0.3 is 15.8 Å². The number of rotatable bonds is 2. The van der Waals surface area contributed by atoms with E-state index < -0.39 is 12.5 Å². The Morgan fingerprint density at radius 3 is 2.47 bits per heavy atom. The van der Waals surface area contributed by atoms with Gasteiger partial charge in [-0.2, -0.15) is 0 Å². The number of carbonyl (C=O) groups excluding carboxylic acids is 1. The molecule has 17 heavy (non-hydrogen) atoms. The van der Waals surface area contributed by atoms with Gasteiger partial charge in [0.2, 0.25) is 5.91 Å². The Hall–Kier alpha value is -2.20. The van der Waals surface area contributed by atoms with E-state index in [2.05, 4.69) is 12.0 Å². The molecule has 0 aliphatic carbocycles. The van der Waals surface area contributed by atoms with Gasteiger partial charge >= 0.3 is 0 Å². The van der Waals surface area contributed by atoms with Crippen LogP contribution in [0.25, 0.3) is 10.8 Å². The first-order chi connectivity index (χ1) is 8.29. The molecule has 1 amide bonds. The predicted octanol–water partition coefficient (Wildman–Crippen LogP) is 2.04. The van der Waals surface area contributed by atoms with Gasteiger partial charge in [0.1, 0.15) is 6.61 Å². The summed E-state index contributed by atoms with van der Waals surface area (Å²) in [5.74, 6) is -0.398. The first-order valence-electron chi connectivity index (χ1n) is 5.04. The average Bonchev–Trinajstić information content (AvgIpc) is 2.41. The van der Waals surface area contributed by atoms with Gasteiger partial charge in [0.25, 0.3) is 0 Å². The molecule has 3 N–H and O–H groups in total. The lowest BCUT2D eigenvalue weighted by Gasteiger charge is -2.04. The lowest BCUT2D eigenvalue weighted by Crippen LogP contribution is -2.15. The van der Waals surface area contributed by atoms with Crippen molar-refractivity contribution in [3.05, 3.63) is 42.5 Å². The molecular formula is C13H14N2O2. The zero-order valence-corrected chi connectivity index (χ0v) is 9.31. The summed E-state index contributed by atoms with van der Waals surface area (Å²) in [5, 5.41) is 18.9. The summed E-state index contributed by atoms with van der Waals surface area (Å²) in [6.45, 7) is 2.01. The second-order valence-electron chi connectivity index (χ2n) is 3.27. The van der Waals surface area contributed by atoms with E-state index in [9.17, 15) is 4.79 Å². The highest BCUT2D eigenvalue weighted by molar-refractivity contribution is 5.94. The van der Waals surface area contributed by atoms with Crippen molar-refractivity contribution < 1.29 is 9.90 Å². The number of nitrogens with one attached hydrogen (secondary N) is 2. The van der Waals surface area contributed by atoms with Gasteiger partial charge in [0.15, 0.2) is 0 Å². The molecule has 0 aliphatic rings. The van der Waals surface area contributed by atoms with Crippen LogP contribution >= 0.6 is 0 Å². The van der Waals surface area contributed by atoms with Crippen LogP contribution in [0, 0.1) is 5.41 Å². The Bertz CT molecular complexity index is 512. The van der Waals surface area contributed by atoms with Crippen LogP contribution in [0.4, 0.5) is 5.69 Å². The molecular weight excluding hydrogens is 216 g/mol. The van der Waals surface area contributed by atoms with E-state index in [1.54, 1.807) is 0 Å². The van der Waals surface area contributed by atoms with E-state index in [4.69, 9.17) is 10.5 Å². The van der Waals surface area contributed by atoms with Crippen LogP contribution < -0.4 is 5.32 Å². The Kier molecular flexibility index (Phi) is 4.84. The fourth-order valence-electron chi connectivity index (χ4n) is 1.47. The predicted molar refractivity (Wildman–Crippen MR) is 69.5 cm³/mol. The molecule has 88 valence electrons. The Balaban J connectivity index is 0.000000686. The molecule has 0 heterocycles. The Morgan fingerprint density at radius 2 is 1.82 bits per heavy atom. The zero-order valence-electron chi connectivity index (χ0n) is 9.31. The summed E-state index contributed by atoms with van der Waals surface area (Å²) in [4.78, 5) is 11.0. The lowest BCUT2D eigenvalue weighted by molar-refractivity contribution is -0.118. The van der Waals surface area contributed by atoms with Gasteiger partial charge in [-0.05, 0) is 29.6 Å². The normalized spacial score (nSPS) is 9.24. The second-order valence-corrected chi connectivity index (χ2v) is 3.27. The van der Waals surface area contributed by atoms with Crippen LogP contribution in [0.5, 0.6) is 0 Å². The van der Waals surface area contributed by atoms with Crippen molar-refractivity contribution in [1.82, 2.24) is 0 Å². The minimum absolute atomic E-state index is 0.398. The van der Waals surface area contributed by atoms with Crippen molar-refractivity contribution in [3.63, 3.8) is 0 Å². The second kappa shape index (κ2) is 6.40. The maximum absolute atomic E-state index is 11.0. The highest BCUT2D eigenvalue weighted by Gasteiger charge is 2.00. The van der Waals surface area contributed by atoms with Gasteiger partial charge in [-0.1, -0.05) is 30.3 Å². The fraction of sp³-hybridized carbons (Fsp3) is 0.0769. The summed E-state index contributed by atoms with van der Waals surface area (Å²) >= 11 is 0. The maximum Gasteiger partial charge on any atom is 0.250 e. The van der Waals surface area contributed by atoms with E-state index >= 15 is 0 Å². The fourth-order valence-corrected chi connectivity index (χ4v) is 1.47. The molecule has 0 bridgehead atoms. The molecule has 0 spiro atoms. The molecule has 4 nitrogen and oxygen atoms in total. The average molecular weight is 230 g/mol. The highest BCUT2D eigenvalue weighted by atomic mass is 16.3. The number of hydrogen-bond donors (Lipinski definition) is 3. The molecule has 0 aromatic heterocycles. The van der Waals surface area contributed by atoms with Crippen molar-refractivity contribution in [1.29, 1.82) is 5.41 Å². The van der Waals surface area contributed by atoms with Gasteiger partial charge in [0.05, 0.1) is 0 Å². The quantitative estimate of drug-likeness (QED) is 0.691. The molecule has 2 aromatic carbocycles. The number of amides is 1. The molecule has 2 rings (SSSR count). The third kappa shape index (κ3) is 3.39. The monoisotopic (exact) mass is 230 g/mol. The first-order valence-corrected chi connectivity index (χ1v) is 5.04. The molecule has 4 heteroatoms. The molecule has 0 saturated carbocycles. The van der Waals surface area contributed by atoms with Gasteiger partial charge in [0, 0.05) is 5.69 Å². The summed E-state index contributed by atoms with van der Waals surface area (Å²) in [6, 6.07) is 13.5. The van der Waals surface area contributed by atoms with Crippen LogP contribution in [-0.2, 0) is 4.79 Å². The number of aliphatic hydroxyl groups is 1. The van der Waals surface area contributed by atoms with Crippen LogP contribution in [0.2, 0.25) is 0 Å². The number of fused-ring (bicyclic) bond motifs is 1. The summed E-state index contributed by atoms with van der Waals surface area (Å²) in [5.41, 5.74) is 0.702. The minimum atomic E-state index is -0.493. The van der Waals surface area contributed by atoms with E-state index in [1.165, 1.54) is 0 Å². The van der Waals surface area contributed by atoms with Gasteiger partial charge in [-0.15, -0.1) is 0 Å². The molecule has 0 radical (unpaired) electrons. The first kappa shape index (κ1) is 12.9. The van der Waals surface area contributed by atoms with Crippen LogP contribution in [0.3, 0.4) is 0 Å². The molecule has 0 unspecified atom stereocenters. The molecule has 2 aromatic rings. The zero-order chi connectivity index (χ0) is 12.7. The van der Waals surface area contributed by atoms with Crippen molar-refractivity contribution in [2.75, 3.05) is 11.9 Å². The van der Waals surface area contributed by atoms with Crippen molar-refractivity contribution >= 4 is 29.1 Å². The third-order valence-corrected chi connectivity index (χ3v) is 2.18. The van der Waals surface area contributed by atoms with Gasteiger partial charge in [-0.3, -0.25) is 4.79 Å². The summed E-state index contributed by atoms with van der Waals surface area (Å²) in [7, 11) is 0. The van der Waals surface area contributed by atoms with Crippen molar-refractivity contribution in [2.45, 2.75) is 0 Å². The lowest BCUT2D eigenvalue weighted by atomic mass is 10.1. The van der Waals surface area contributed by atoms with Crippen LogP contribution in [0.1, 0.15) is 0 Å². The third-order valence-electron chi connectivity index (χ3n) is 2.18. The summed E-state index contributed by atoms with van der Waals surface area (Å²) in [6.07, 6.45) is 0. The Morgan fingerprint density at radius 1 is 1.18 bits per heavy atom. The van der Waals surface area contributed by atoms with E-state index in [0.29, 0.717) is 5.69 Å². The minimum Gasteiger partial charge on any atom is -0.387 e. The number of anilines is 1.